The third-order valence-corrected chi connectivity index (χ3v) is 5.44. The van der Waals surface area contributed by atoms with Gasteiger partial charge < -0.3 is 10.1 Å². The monoisotopic (exact) mass is 476 g/mol. The van der Waals surface area contributed by atoms with Crippen LogP contribution in [-0.2, 0) is 19.1 Å². The molecule has 1 aliphatic heterocycles. The van der Waals surface area contributed by atoms with E-state index in [9.17, 15) is 29.3 Å². The molecule has 0 radical (unpaired) electrons. The lowest BCUT2D eigenvalue weighted by atomic mass is 10.1. The number of fused-ring (bicyclic) bond motifs is 1. The van der Waals surface area contributed by atoms with Crippen LogP contribution < -0.4 is 10.7 Å². The summed E-state index contributed by atoms with van der Waals surface area (Å²) in [7, 11) is 0. The van der Waals surface area contributed by atoms with E-state index in [4.69, 9.17) is 4.74 Å². The van der Waals surface area contributed by atoms with Crippen LogP contribution in [0.15, 0.2) is 66.7 Å². The Morgan fingerprint density at radius 2 is 1.74 bits per heavy atom. The molecule has 1 saturated heterocycles. The number of nitrogens with one attached hydrogen (secondary N) is 2. The number of ether oxygens (including phenoxy) is 1. The smallest absolute Gasteiger partial charge is 0.311 e. The molecule has 11 heteroatoms. The first kappa shape index (κ1) is 23.4. The number of hydrazine groups is 1. The summed E-state index contributed by atoms with van der Waals surface area (Å²) in [6.45, 7) is -0.650. The molecule has 3 aromatic carbocycles. The maximum Gasteiger partial charge on any atom is 0.311 e. The predicted octanol–water partition coefficient (Wildman–Crippen LogP) is 2.42. The summed E-state index contributed by atoms with van der Waals surface area (Å²) in [6.07, 6.45) is -0.190. The molecule has 2 N–H and O–H groups in total. The Balaban J connectivity index is 1.28. The van der Waals surface area contributed by atoms with Crippen molar-refractivity contribution in [3.8, 4) is 0 Å². The molecule has 1 atom stereocenters. The molecule has 0 unspecified atom stereocenters. The second-order valence-electron chi connectivity index (χ2n) is 7.83. The molecule has 1 aliphatic rings. The minimum Gasteiger partial charge on any atom is -0.455 e. The molecule has 11 nitrogen and oxygen atoms in total. The van der Waals surface area contributed by atoms with Gasteiger partial charge in [0.25, 0.3) is 17.5 Å². The summed E-state index contributed by atoms with van der Waals surface area (Å²) >= 11 is 0. The summed E-state index contributed by atoms with van der Waals surface area (Å²) in [5.41, 5.74) is 2.90. The van der Waals surface area contributed by atoms with Gasteiger partial charge in [0, 0.05) is 35.2 Å². The SMILES string of the molecule is O=C(COC(=O)[C@H]1CC(=O)N(NC(=O)c2ccc([N+](=O)[O-])cc2)C1)Nc1cccc2ccccc12. The van der Waals surface area contributed by atoms with Gasteiger partial charge in [0.1, 0.15) is 0 Å². The number of amides is 3. The third-order valence-electron chi connectivity index (χ3n) is 5.44. The summed E-state index contributed by atoms with van der Waals surface area (Å²) < 4.78 is 5.09. The number of anilines is 1. The van der Waals surface area contributed by atoms with Gasteiger partial charge in [-0.3, -0.25) is 39.7 Å². The molecule has 0 saturated carbocycles. The van der Waals surface area contributed by atoms with Gasteiger partial charge in [-0.25, -0.2) is 0 Å². The first-order valence-electron chi connectivity index (χ1n) is 10.6. The van der Waals surface area contributed by atoms with Crippen molar-refractivity contribution in [2.24, 2.45) is 5.92 Å². The van der Waals surface area contributed by atoms with Crippen LogP contribution in [0.2, 0.25) is 0 Å². The van der Waals surface area contributed by atoms with Crippen LogP contribution in [0.1, 0.15) is 16.8 Å². The Kier molecular flexibility index (Phi) is 6.67. The molecular weight excluding hydrogens is 456 g/mol. The molecule has 0 aromatic heterocycles. The average Bonchev–Trinajstić information content (AvgIpc) is 3.22. The van der Waals surface area contributed by atoms with E-state index >= 15 is 0 Å². The molecule has 178 valence electrons. The number of hydrogen-bond acceptors (Lipinski definition) is 7. The van der Waals surface area contributed by atoms with Crippen molar-refractivity contribution in [1.29, 1.82) is 0 Å². The van der Waals surface area contributed by atoms with Crippen molar-refractivity contribution in [3.05, 3.63) is 82.4 Å². The number of carbonyl (C=O) groups is 4. The van der Waals surface area contributed by atoms with E-state index in [0.717, 1.165) is 15.8 Å². The minimum absolute atomic E-state index is 0.111. The van der Waals surface area contributed by atoms with E-state index in [2.05, 4.69) is 10.7 Å². The van der Waals surface area contributed by atoms with Crippen LogP contribution in [0.25, 0.3) is 10.8 Å². The highest BCUT2D eigenvalue weighted by molar-refractivity contribution is 6.03. The van der Waals surface area contributed by atoms with E-state index < -0.39 is 41.1 Å². The first-order chi connectivity index (χ1) is 16.8. The molecule has 0 aliphatic carbocycles. The number of rotatable bonds is 7. The number of hydrogen-bond donors (Lipinski definition) is 2. The highest BCUT2D eigenvalue weighted by Crippen LogP contribution is 2.23. The normalized spacial score (nSPS) is 15.0. The molecule has 0 spiro atoms. The van der Waals surface area contributed by atoms with Crippen LogP contribution in [0.5, 0.6) is 0 Å². The van der Waals surface area contributed by atoms with Gasteiger partial charge in [0.2, 0.25) is 5.91 Å². The molecule has 1 fully saturated rings. The Labute approximate surface area is 198 Å². The Hall–Kier alpha value is -4.80. The fourth-order valence-electron chi connectivity index (χ4n) is 3.67. The van der Waals surface area contributed by atoms with Gasteiger partial charge in [-0.1, -0.05) is 36.4 Å². The lowest BCUT2D eigenvalue weighted by Crippen LogP contribution is -2.43. The van der Waals surface area contributed by atoms with Crippen molar-refractivity contribution in [2.75, 3.05) is 18.5 Å². The molecule has 35 heavy (non-hydrogen) atoms. The Morgan fingerprint density at radius 1 is 1.03 bits per heavy atom. The summed E-state index contributed by atoms with van der Waals surface area (Å²) in [6, 6.07) is 17.8. The van der Waals surface area contributed by atoms with Crippen LogP contribution in [0, 0.1) is 16.0 Å². The Bertz CT molecular complexity index is 1320. The highest BCUT2D eigenvalue weighted by Gasteiger charge is 2.36. The highest BCUT2D eigenvalue weighted by atomic mass is 16.6. The fourth-order valence-corrected chi connectivity index (χ4v) is 3.67. The number of carbonyl (C=O) groups excluding carboxylic acids is 4. The van der Waals surface area contributed by atoms with Crippen molar-refractivity contribution in [2.45, 2.75) is 6.42 Å². The second-order valence-corrected chi connectivity index (χ2v) is 7.83. The first-order valence-corrected chi connectivity index (χ1v) is 10.6. The summed E-state index contributed by atoms with van der Waals surface area (Å²) in [5.74, 6) is -3.27. The maximum absolute atomic E-state index is 12.4. The molecule has 3 aromatic rings. The van der Waals surface area contributed by atoms with Gasteiger partial charge >= 0.3 is 5.97 Å². The number of benzene rings is 3. The van der Waals surface area contributed by atoms with Crippen LogP contribution >= 0.6 is 0 Å². The zero-order valence-corrected chi connectivity index (χ0v) is 18.3. The van der Waals surface area contributed by atoms with Crippen molar-refractivity contribution in [3.63, 3.8) is 0 Å². The van der Waals surface area contributed by atoms with E-state index in [1.54, 1.807) is 12.1 Å². The van der Waals surface area contributed by atoms with E-state index in [-0.39, 0.29) is 24.2 Å². The molecule has 3 amide bonds. The van der Waals surface area contributed by atoms with Crippen LogP contribution in [-0.4, -0.2) is 46.8 Å². The molecule has 1 heterocycles. The van der Waals surface area contributed by atoms with Gasteiger partial charge in [0.05, 0.1) is 17.4 Å². The zero-order chi connectivity index (χ0) is 24.9. The van der Waals surface area contributed by atoms with Gasteiger partial charge in [-0.2, -0.15) is 0 Å². The van der Waals surface area contributed by atoms with E-state index in [0.29, 0.717) is 5.69 Å². The number of nitro benzene ring substituents is 1. The lowest BCUT2D eigenvalue weighted by molar-refractivity contribution is -0.384. The lowest BCUT2D eigenvalue weighted by Gasteiger charge is -2.17. The minimum atomic E-state index is -0.856. The quantitative estimate of drug-likeness (QED) is 0.302. The Morgan fingerprint density at radius 3 is 2.49 bits per heavy atom. The molecule has 0 bridgehead atoms. The van der Waals surface area contributed by atoms with E-state index in [1.165, 1.54) is 24.3 Å². The van der Waals surface area contributed by atoms with Gasteiger partial charge in [0.15, 0.2) is 6.61 Å². The summed E-state index contributed by atoms with van der Waals surface area (Å²) in [4.78, 5) is 59.4. The largest absolute Gasteiger partial charge is 0.455 e. The number of non-ortho nitro benzene ring substituents is 1. The predicted molar refractivity (Wildman–Crippen MR) is 124 cm³/mol. The molecule has 4 rings (SSSR count). The average molecular weight is 476 g/mol. The maximum atomic E-state index is 12.4. The summed E-state index contributed by atoms with van der Waals surface area (Å²) in [5, 5.41) is 16.2. The second kappa shape index (κ2) is 10.00. The molecular formula is C24H20N4O7. The van der Waals surface area contributed by atoms with Crippen molar-refractivity contribution in [1.82, 2.24) is 10.4 Å². The third kappa shape index (κ3) is 5.41. The zero-order valence-electron chi connectivity index (χ0n) is 18.3. The van der Waals surface area contributed by atoms with Crippen molar-refractivity contribution < 1.29 is 28.8 Å². The van der Waals surface area contributed by atoms with Crippen LogP contribution in [0.4, 0.5) is 11.4 Å². The number of nitro groups is 1. The van der Waals surface area contributed by atoms with Crippen LogP contribution in [0.3, 0.4) is 0 Å². The van der Waals surface area contributed by atoms with E-state index in [1.807, 2.05) is 30.3 Å². The van der Waals surface area contributed by atoms with Gasteiger partial charge in [-0.15, -0.1) is 0 Å². The standard InChI is InChI=1S/C24H20N4O7/c29-21(25-20-7-3-5-15-4-1-2-6-19(15)20)14-35-24(32)17-12-22(30)27(13-17)26-23(31)16-8-10-18(11-9-16)28(33)34/h1-11,17H,12-14H2,(H,25,29)(H,26,31)/t17-/m0/s1. The fraction of sp³-hybridized carbons (Fsp3) is 0.167. The van der Waals surface area contributed by atoms with Crippen molar-refractivity contribution >= 4 is 45.8 Å². The van der Waals surface area contributed by atoms with Gasteiger partial charge in [-0.05, 0) is 23.6 Å². The topological polar surface area (TPSA) is 148 Å². The number of esters is 1. The number of nitrogens with zero attached hydrogens (tertiary/aromatic N) is 2.